The number of aromatic nitrogens is 2. The van der Waals surface area contributed by atoms with Crippen LogP contribution in [0.15, 0.2) is 42.7 Å². The highest BCUT2D eigenvalue weighted by Gasteiger charge is 2.37. The Balaban J connectivity index is 1.66. The molecule has 4 nitrogen and oxygen atoms in total. The van der Waals surface area contributed by atoms with Crippen molar-refractivity contribution in [1.82, 2.24) is 14.5 Å². The van der Waals surface area contributed by atoms with E-state index in [4.69, 9.17) is 4.74 Å². The zero-order valence-corrected chi connectivity index (χ0v) is 19.1. The van der Waals surface area contributed by atoms with Gasteiger partial charge in [-0.25, -0.2) is 9.37 Å². The fourth-order valence-electron chi connectivity index (χ4n) is 4.66. The first kappa shape index (κ1) is 23.7. The first-order chi connectivity index (χ1) is 15.6. The molecular weight excluding hydrogens is 434 g/mol. The minimum absolute atomic E-state index is 0.297. The van der Waals surface area contributed by atoms with E-state index < -0.39 is 17.8 Å². The van der Waals surface area contributed by atoms with Crippen LogP contribution in [-0.2, 0) is 22.9 Å². The minimum Gasteiger partial charge on any atom is -0.373 e. The van der Waals surface area contributed by atoms with Crippen LogP contribution in [0.1, 0.15) is 49.5 Å². The van der Waals surface area contributed by atoms with E-state index >= 15 is 0 Å². The highest BCUT2D eigenvalue weighted by Crippen LogP contribution is 2.39. The summed E-state index contributed by atoms with van der Waals surface area (Å²) in [6.07, 6.45) is -1.84. The van der Waals surface area contributed by atoms with E-state index in [9.17, 15) is 17.6 Å². The van der Waals surface area contributed by atoms with Gasteiger partial charge in [0, 0.05) is 17.5 Å². The van der Waals surface area contributed by atoms with Crippen molar-refractivity contribution in [1.29, 1.82) is 0 Å². The number of piperidine rings is 1. The van der Waals surface area contributed by atoms with E-state index in [2.05, 4.69) is 16.9 Å². The molecule has 8 heteroatoms. The summed E-state index contributed by atoms with van der Waals surface area (Å²) >= 11 is 0. The Morgan fingerprint density at radius 1 is 1.12 bits per heavy atom. The molecule has 1 atom stereocenters. The van der Waals surface area contributed by atoms with Crippen LogP contribution in [0, 0.1) is 5.82 Å². The molecule has 33 heavy (non-hydrogen) atoms. The molecular formula is C25H29F4N3O. The van der Waals surface area contributed by atoms with Crippen molar-refractivity contribution >= 4 is 11.0 Å². The van der Waals surface area contributed by atoms with Gasteiger partial charge in [0.15, 0.2) is 0 Å². The number of alkyl halides is 3. The highest BCUT2D eigenvalue weighted by atomic mass is 19.4. The first-order valence-electron chi connectivity index (χ1n) is 11.2. The van der Waals surface area contributed by atoms with Gasteiger partial charge in [-0.05, 0) is 76.7 Å². The number of rotatable bonds is 6. The van der Waals surface area contributed by atoms with Crippen molar-refractivity contribution in [2.45, 2.75) is 50.9 Å². The first-order valence-corrected chi connectivity index (χ1v) is 11.2. The van der Waals surface area contributed by atoms with Gasteiger partial charge in [-0.3, -0.25) is 0 Å². The predicted octanol–water partition coefficient (Wildman–Crippen LogP) is 5.96. The molecule has 1 aliphatic rings. The summed E-state index contributed by atoms with van der Waals surface area (Å²) in [5.74, 6) is -0.297. The monoisotopic (exact) mass is 463 g/mol. The van der Waals surface area contributed by atoms with E-state index in [1.807, 2.05) is 6.92 Å². The molecule has 1 aliphatic heterocycles. The number of hydrogen-bond donors (Lipinski definition) is 0. The summed E-state index contributed by atoms with van der Waals surface area (Å²) in [5, 5.41) is 0. The third kappa shape index (κ3) is 4.77. The van der Waals surface area contributed by atoms with Gasteiger partial charge >= 0.3 is 6.18 Å². The number of likely N-dealkylation sites (tertiary alicyclic amines) is 1. The van der Waals surface area contributed by atoms with Crippen LogP contribution in [-0.4, -0.2) is 41.2 Å². The Morgan fingerprint density at radius 2 is 1.79 bits per heavy atom. The minimum atomic E-state index is -4.46. The molecule has 0 unspecified atom stereocenters. The van der Waals surface area contributed by atoms with E-state index in [-0.39, 0.29) is 11.2 Å². The van der Waals surface area contributed by atoms with Crippen molar-refractivity contribution in [3.05, 3.63) is 65.2 Å². The number of ether oxygens (including phenoxy) is 1. The molecule has 0 bridgehead atoms. The van der Waals surface area contributed by atoms with Crippen LogP contribution in [0.5, 0.6) is 0 Å². The number of hydrogen-bond acceptors (Lipinski definition) is 3. The lowest BCUT2D eigenvalue weighted by molar-refractivity contribution is -0.137. The summed E-state index contributed by atoms with van der Waals surface area (Å²) in [7, 11) is 2.06. The van der Waals surface area contributed by atoms with Gasteiger partial charge in [0.25, 0.3) is 0 Å². The second kappa shape index (κ2) is 9.06. The molecule has 0 amide bonds. The number of aryl methyl sites for hydroxylation is 1. The lowest BCUT2D eigenvalue weighted by Crippen LogP contribution is -2.44. The molecule has 0 spiro atoms. The zero-order chi connectivity index (χ0) is 23.8. The molecule has 0 N–H and O–H groups in total. The molecule has 1 fully saturated rings. The maximum Gasteiger partial charge on any atom is 0.416 e. The zero-order valence-electron chi connectivity index (χ0n) is 19.1. The molecule has 0 aliphatic carbocycles. The number of halogens is 4. The molecule has 1 aromatic heterocycles. The molecule has 1 saturated heterocycles. The number of benzene rings is 2. The summed E-state index contributed by atoms with van der Waals surface area (Å²) in [6, 6.07) is 8.79. The van der Waals surface area contributed by atoms with Gasteiger partial charge in [-0.2, -0.15) is 13.2 Å². The lowest BCUT2D eigenvalue weighted by Gasteiger charge is -2.41. The van der Waals surface area contributed by atoms with Crippen LogP contribution in [0.4, 0.5) is 17.6 Å². The fourth-order valence-corrected chi connectivity index (χ4v) is 4.66. The quantitative estimate of drug-likeness (QED) is 0.423. The van der Waals surface area contributed by atoms with Crippen molar-refractivity contribution < 1.29 is 22.3 Å². The van der Waals surface area contributed by atoms with Gasteiger partial charge in [0.2, 0.25) is 0 Å². The third-order valence-electron chi connectivity index (χ3n) is 6.87. The van der Waals surface area contributed by atoms with Crippen LogP contribution in [0.2, 0.25) is 0 Å². The van der Waals surface area contributed by atoms with Crippen LogP contribution < -0.4 is 0 Å². The van der Waals surface area contributed by atoms with E-state index in [1.165, 1.54) is 12.1 Å². The second-order valence-corrected chi connectivity index (χ2v) is 9.01. The average molecular weight is 464 g/mol. The van der Waals surface area contributed by atoms with Crippen molar-refractivity contribution in [3.8, 4) is 0 Å². The van der Waals surface area contributed by atoms with Crippen LogP contribution in [0.3, 0.4) is 0 Å². The molecule has 2 heterocycles. The van der Waals surface area contributed by atoms with Crippen LogP contribution in [0.25, 0.3) is 11.0 Å². The Bertz CT molecular complexity index is 1100. The highest BCUT2D eigenvalue weighted by molar-refractivity contribution is 5.80. The Hall–Kier alpha value is -2.45. The SMILES string of the molecule is CCn1cnc2c([C@@H](C)OCC3(c4ccc(F)cc4)CCN(C)CC3)cc(C(F)(F)F)cc21. The molecule has 0 radical (unpaired) electrons. The summed E-state index contributed by atoms with van der Waals surface area (Å²) < 4.78 is 62.4. The van der Waals surface area contributed by atoms with Gasteiger partial charge in [0.05, 0.1) is 35.6 Å². The third-order valence-corrected chi connectivity index (χ3v) is 6.87. The van der Waals surface area contributed by atoms with Crippen molar-refractivity contribution in [3.63, 3.8) is 0 Å². The van der Waals surface area contributed by atoms with Gasteiger partial charge < -0.3 is 14.2 Å². The summed E-state index contributed by atoms with van der Waals surface area (Å²) in [5.41, 5.74) is 1.37. The molecule has 0 saturated carbocycles. The standard InChI is InChI=1S/C25H29F4N3O/c1-4-32-16-30-23-21(13-19(14-22(23)32)25(27,28)29)17(2)33-15-24(9-11-31(3)12-10-24)18-5-7-20(26)8-6-18/h5-8,13-14,16-17H,4,9-12,15H2,1-3H3/t17-/m1/s1. The maximum absolute atomic E-state index is 13.6. The van der Waals surface area contributed by atoms with Gasteiger partial charge in [-0.1, -0.05) is 12.1 Å². The fraction of sp³-hybridized carbons (Fsp3) is 0.480. The molecule has 2 aromatic carbocycles. The van der Waals surface area contributed by atoms with E-state index in [1.54, 1.807) is 30.0 Å². The van der Waals surface area contributed by atoms with Crippen molar-refractivity contribution in [2.75, 3.05) is 26.7 Å². The molecule has 4 rings (SSSR count). The van der Waals surface area contributed by atoms with Gasteiger partial charge in [0.1, 0.15) is 5.82 Å². The summed E-state index contributed by atoms with van der Waals surface area (Å²) in [6.45, 7) is 6.22. The Morgan fingerprint density at radius 3 is 2.39 bits per heavy atom. The molecule has 178 valence electrons. The normalized spacial score (nSPS) is 18.0. The van der Waals surface area contributed by atoms with Gasteiger partial charge in [-0.15, -0.1) is 0 Å². The largest absolute Gasteiger partial charge is 0.416 e. The maximum atomic E-state index is 13.6. The topological polar surface area (TPSA) is 30.3 Å². The Kier molecular flexibility index (Phi) is 6.51. The molecule has 3 aromatic rings. The van der Waals surface area contributed by atoms with E-state index in [0.29, 0.717) is 29.7 Å². The smallest absolute Gasteiger partial charge is 0.373 e. The number of nitrogens with zero attached hydrogens (tertiary/aromatic N) is 3. The second-order valence-electron chi connectivity index (χ2n) is 9.01. The van der Waals surface area contributed by atoms with E-state index in [0.717, 1.165) is 43.6 Å². The van der Waals surface area contributed by atoms with Crippen molar-refractivity contribution in [2.24, 2.45) is 0 Å². The van der Waals surface area contributed by atoms with Crippen LogP contribution >= 0.6 is 0 Å². The predicted molar refractivity (Wildman–Crippen MR) is 120 cm³/mol. The number of fused-ring (bicyclic) bond motifs is 1. The lowest BCUT2D eigenvalue weighted by atomic mass is 9.73. The average Bonchev–Trinajstić information content (AvgIpc) is 3.21. The number of imidazole rings is 1. The summed E-state index contributed by atoms with van der Waals surface area (Å²) in [4.78, 5) is 6.63. The Labute approximate surface area is 191 Å².